The van der Waals surface area contributed by atoms with Gasteiger partial charge in [-0.15, -0.1) is 0 Å². The van der Waals surface area contributed by atoms with Crippen molar-refractivity contribution in [1.82, 2.24) is 4.90 Å². The van der Waals surface area contributed by atoms with Crippen molar-refractivity contribution in [3.8, 4) is 5.75 Å². The first-order valence-electron chi connectivity index (χ1n) is 7.28. The largest absolute Gasteiger partial charge is 0.491 e. The average Bonchev–Trinajstić information content (AvgIpc) is 2.40. The number of hydrogen-bond donors (Lipinski definition) is 2. The van der Waals surface area contributed by atoms with Crippen molar-refractivity contribution < 1.29 is 9.22 Å². The van der Waals surface area contributed by atoms with Gasteiger partial charge in [0.25, 0.3) is 0 Å². The SMILES string of the molecule is C[N+]1(C)CCN(CCCOc2cc(N)ccc2N)CC1. The molecule has 0 unspecified atom stereocenters. The summed E-state index contributed by atoms with van der Waals surface area (Å²) in [6.45, 7) is 6.57. The van der Waals surface area contributed by atoms with Gasteiger partial charge in [0.05, 0.1) is 39.5 Å². The van der Waals surface area contributed by atoms with Gasteiger partial charge in [0, 0.05) is 31.4 Å². The quantitative estimate of drug-likeness (QED) is 0.480. The standard InChI is InChI=1S/C15H27N4O/c1-19(2)9-7-18(8-10-19)6-3-11-20-15-12-13(16)4-5-14(15)17/h4-5,12H,3,6-11,16-17H2,1-2H3/q+1. The van der Waals surface area contributed by atoms with Crippen LogP contribution in [0, 0.1) is 0 Å². The van der Waals surface area contributed by atoms with Crippen molar-refractivity contribution in [1.29, 1.82) is 0 Å². The van der Waals surface area contributed by atoms with E-state index in [0.29, 0.717) is 23.7 Å². The summed E-state index contributed by atoms with van der Waals surface area (Å²) in [4.78, 5) is 2.51. The van der Waals surface area contributed by atoms with Crippen LogP contribution in [0.5, 0.6) is 5.75 Å². The van der Waals surface area contributed by atoms with Crippen LogP contribution in [0.1, 0.15) is 6.42 Å². The van der Waals surface area contributed by atoms with Crippen molar-refractivity contribution in [2.45, 2.75) is 6.42 Å². The molecule has 1 aliphatic heterocycles. The van der Waals surface area contributed by atoms with Crippen molar-refractivity contribution in [2.24, 2.45) is 0 Å². The van der Waals surface area contributed by atoms with E-state index in [-0.39, 0.29) is 0 Å². The van der Waals surface area contributed by atoms with Crippen LogP contribution in [0.3, 0.4) is 0 Å². The van der Waals surface area contributed by atoms with E-state index >= 15 is 0 Å². The Morgan fingerprint density at radius 3 is 2.60 bits per heavy atom. The fourth-order valence-electron chi connectivity index (χ4n) is 2.42. The second-order valence-electron chi connectivity index (χ2n) is 6.22. The molecule has 20 heavy (non-hydrogen) atoms. The summed E-state index contributed by atoms with van der Waals surface area (Å²) in [5.74, 6) is 0.696. The Balaban J connectivity index is 1.68. The van der Waals surface area contributed by atoms with Gasteiger partial charge in [0.2, 0.25) is 0 Å². The summed E-state index contributed by atoms with van der Waals surface area (Å²) in [6.07, 6.45) is 1.02. The summed E-state index contributed by atoms with van der Waals surface area (Å²) in [7, 11) is 4.59. The topological polar surface area (TPSA) is 64.5 Å². The van der Waals surface area contributed by atoms with Gasteiger partial charge >= 0.3 is 0 Å². The lowest BCUT2D eigenvalue weighted by Crippen LogP contribution is -2.54. The zero-order valence-corrected chi connectivity index (χ0v) is 12.6. The second kappa shape index (κ2) is 6.33. The van der Waals surface area contributed by atoms with Crippen LogP contribution >= 0.6 is 0 Å². The monoisotopic (exact) mass is 279 g/mol. The van der Waals surface area contributed by atoms with Crippen LogP contribution in [0.15, 0.2) is 18.2 Å². The molecule has 0 saturated carbocycles. The summed E-state index contributed by atoms with van der Waals surface area (Å²) >= 11 is 0. The number of benzene rings is 1. The van der Waals surface area contributed by atoms with E-state index in [4.69, 9.17) is 16.2 Å². The van der Waals surface area contributed by atoms with E-state index in [1.165, 1.54) is 26.2 Å². The molecule has 4 N–H and O–H groups in total. The molecule has 112 valence electrons. The first-order chi connectivity index (χ1) is 9.46. The molecule has 0 bridgehead atoms. The van der Waals surface area contributed by atoms with Gasteiger partial charge in [-0.05, 0) is 18.6 Å². The lowest BCUT2D eigenvalue weighted by Gasteiger charge is -2.39. The highest BCUT2D eigenvalue weighted by atomic mass is 16.5. The van der Waals surface area contributed by atoms with E-state index in [0.717, 1.165) is 17.4 Å². The zero-order valence-electron chi connectivity index (χ0n) is 12.6. The van der Waals surface area contributed by atoms with E-state index < -0.39 is 0 Å². The van der Waals surface area contributed by atoms with E-state index in [9.17, 15) is 0 Å². The third-order valence-corrected chi connectivity index (χ3v) is 3.96. The number of nitrogens with two attached hydrogens (primary N) is 2. The number of nitrogen functional groups attached to an aromatic ring is 2. The molecule has 2 rings (SSSR count). The molecule has 0 aliphatic carbocycles. The van der Waals surface area contributed by atoms with Gasteiger partial charge in [-0.1, -0.05) is 0 Å². The maximum Gasteiger partial charge on any atom is 0.144 e. The Morgan fingerprint density at radius 2 is 1.90 bits per heavy atom. The molecule has 1 fully saturated rings. The Labute approximate surface area is 121 Å². The maximum absolute atomic E-state index is 5.85. The number of rotatable bonds is 5. The molecular weight excluding hydrogens is 252 g/mol. The third kappa shape index (κ3) is 4.28. The Bertz CT molecular complexity index is 437. The molecule has 5 heteroatoms. The van der Waals surface area contributed by atoms with Gasteiger partial charge in [0.1, 0.15) is 5.75 Å². The molecule has 0 atom stereocenters. The minimum Gasteiger partial charge on any atom is -0.491 e. The minimum atomic E-state index is 0.649. The van der Waals surface area contributed by atoms with Gasteiger partial charge in [-0.2, -0.15) is 0 Å². The molecule has 5 nitrogen and oxygen atoms in total. The molecule has 0 amide bonds. The first kappa shape index (κ1) is 14.9. The number of quaternary nitrogens is 1. The highest BCUT2D eigenvalue weighted by Gasteiger charge is 2.23. The first-order valence-corrected chi connectivity index (χ1v) is 7.28. The smallest absolute Gasteiger partial charge is 0.144 e. The third-order valence-electron chi connectivity index (χ3n) is 3.96. The predicted octanol–water partition coefficient (Wildman–Crippen LogP) is 1.01. The van der Waals surface area contributed by atoms with Gasteiger partial charge < -0.3 is 20.7 Å². The number of nitrogens with zero attached hydrogens (tertiary/aromatic N) is 2. The minimum absolute atomic E-state index is 0.649. The molecule has 0 radical (unpaired) electrons. The summed E-state index contributed by atoms with van der Waals surface area (Å²) in [5, 5.41) is 0. The molecule has 1 saturated heterocycles. The van der Waals surface area contributed by atoms with E-state index in [1.807, 2.05) is 0 Å². The summed E-state index contributed by atoms with van der Waals surface area (Å²) in [5.41, 5.74) is 12.9. The van der Waals surface area contributed by atoms with Gasteiger partial charge in [0.15, 0.2) is 0 Å². The van der Waals surface area contributed by atoms with E-state index in [1.54, 1.807) is 18.2 Å². The number of ether oxygens (including phenoxy) is 1. The molecule has 1 aliphatic rings. The van der Waals surface area contributed by atoms with Crippen LogP contribution in [-0.2, 0) is 0 Å². The highest BCUT2D eigenvalue weighted by Crippen LogP contribution is 2.23. The van der Waals surface area contributed by atoms with Gasteiger partial charge in [-0.25, -0.2) is 0 Å². The highest BCUT2D eigenvalue weighted by molar-refractivity contribution is 5.59. The van der Waals surface area contributed by atoms with Crippen molar-refractivity contribution in [2.75, 3.05) is 64.9 Å². The molecule has 1 aromatic carbocycles. The molecule has 0 aromatic heterocycles. The number of piperazine rings is 1. The fourth-order valence-corrected chi connectivity index (χ4v) is 2.42. The Hall–Kier alpha value is -1.46. The van der Waals surface area contributed by atoms with E-state index in [2.05, 4.69) is 19.0 Å². The number of likely N-dealkylation sites (N-methyl/N-ethyl adjacent to an activating group) is 1. The Morgan fingerprint density at radius 1 is 1.20 bits per heavy atom. The van der Waals surface area contributed by atoms with Crippen molar-refractivity contribution >= 4 is 11.4 Å². The van der Waals surface area contributed by atoms with Crippen LogP contribution < -0.4 is 16.2 Å². The predicted molar refractivity (Wildman–Crippen MR) is 83.7 cm³/mol. The van der Waals surface area contributed by atoms with Crippen LogP contribution in [0.4, 0.5) is 11.4 Å². The van der Waals surface area contributed by atoms with Crippen molar-refractivity contribution in [3.63, 3.8) is 0 Å². The molecule has 1 heterocycles. The Kier molecular flexibility index (Phi) is 4.73. The zero-order chi connectivity index (χ0) is 14.6. The lowest BCUT2D eigenvalue weighted by molar-refractivity contribution is -0.894. The molecular formula is C15H27N4O+. The number of hydrogen-bond acceptors (Lipinski definition) is 4. The average molecular weight is 279 g/mol. The van der Waals surface area contributed by atoms with Crippen LogP contribution in [0.2, 0.25) is 0 Å². The van der Waals surface area contributed by atoms with Crippen molar-refractivity contribution in [3.05, 3.63) is 18.2 Å². The van der Waals surface area contributed by atoms with Crippen LogP contribution in [0.25, 0.3) is 0 Å². The molecule has 0 spiro atoms. The lowest BCUT2D eigenvalue weighted by atomic mass is 10.2. The number of anilines is 2. The normalized spacial score (nSPS) is 18.9. The second-order valence-corrected chi connectivity index (χ2v) is 6.22. The van der Waals surface area contributed by atoms with Gasteiger partial charge in [-0.3, -0.25) is 4.90 Å². The maximum atomic E-state index is 5.85. The van der Waals surface area contributed by atoms with Crippen LogP contribution in [-0.4, -0.2) is 62.8 Å². The summed E-state index contributed by atoms with van der Waals surface area (Å²) < 4.78 is 6.85. The summed E-state index contributed by atoms with van der Waals surface area (Å²) in [6, 6.07) is 5.36. The fraction of sp³-hybridized carbons (Fsp3) is 0.600. The molecule has 1 aromatic rings.